The highest BCUT2D eigenvalue weighted by Gasteiger charge is 2.20. The van der Waals surface area contributed by atoms with Crippen molar-refractivity contribution in [1.82, 2.24) is 24.9 Å². The molecule has 1 N–H and O–H groups in total. The summed E-state index contributed by atoms with van der Waals surface area (Å²) in [6.07, 6.45) is 0. The number of aryl methyl sites for hydroxylation is 1. The van der Waals surface area contributed by atoms with Gasteiger partial charge in [0.15, 0.2) is 5.16 Å². The molecule has 0 fully saturated rings. The minimum Gasteiger partial charge on any atom is -0.494 e. The van der Waals surface area contributed by atoms with Crippen LogP contribution >= 0.6 is 11.8 Å². The number of aromatic nitrogens is 5. The summed E-state index contributed by atoms with van der Waals surface area (Å²) in [6, 6.07) is 15.1. The molecule has 2 heterocycles. The Kier molecular flexibility index (Phi) is 7.04. The molecule has 0 radical (unpaired) electrons. The van der Waals surface area contributed by atoms with Crippen LogP contribution in [-0.2, 0) is 11.3 Å². The molecule has 9 nitrogen and oxygen atoms in total. The van der Waals surface area contributed by atoms with E-state index < -0.39 is 0 Å². The lowest BCUT2D eigenvalue weighted by Crippen LogP contribution is -2.14. The summed E-state index contributed by atoms with van der Waals surface area (Å²) < 4.78 is 12.7. The molecule has 0 aliphatic heterocycles. The SMILES string of the molecule is CCOc1ccc(NC(=O)CSc2nnc(-c3nc(-c4cccc(C)c4)no3)n2CC)cc1. The van der Waals surface area contributed by atoms with Gasteiger partial charge in [-0.15, -0.1) is 10.2 Å². The Morgan fingerprint density at radius 2 is 1.97 bits per heavy atom. The number of benzene rings is 2. The molecule has 1 amide bonds. The number of amides is 1. The predicted octanol–water partition coefficient (Wildman–Crippen LogP) is 4.45. The van der Waals surface area contributed by atoms with E-state index in [-0.39, 0.29) is 17.6 Å². The Bertz CT molecular complexity index is 1240. The molecule has 0 atom stereocenters. The number of hydrogen-bond acceptors (Lipinski definition) is 8. The van der Waals surface area contributed by atoms with E-state index in [9.17, 15) is 4.79 Å². The molecule has 0 unspecified atom stereocenters. The second-order valence-electron chi connectivity index (χ2n) is 7.14. The first-order chi connectivity index (χ1) is 16.1. The van der Waals surface area contributed by atoms with Crippen molar-refractivity contribution in [1.29, 1.82) is 0 Å². The van der Waals surface area contributed by atoms with Crippen LogP contribution in [0.5, 0.6) is 5.75 Å². The Labute approximate surface area is 195 Å². The van der Waals surface area contributed by atoms with Gasteiger partial charge in [0.25, 0.3) is 5.89 Å². The summed E-state index contributed by atoms with van der Waals surface area (Å²) in [6.45, 7) is 7.09. The number of anilines is 1. The van der Waals surface area contributed by atoms with Gasteiger partial charge in [-0.3, -0.25) is 9.36 Å². The second kappa shape index (κ2) is 10.3. The quantitative estimate of drug-likeness (QED) is 0.362. The lowest BCUT2D eigenvalue weighted by molar-refractivity contribution is -0.113. The first kappa shape index (κ1) is 22.5. The number of rotatable bonds is 9. The fourth-order valence-electron chi connectivity index (χ4n) is 3.18. The molecule has 0 saturated carbocycles. The molecule has 170 valence electrons. The van der Waals surface area contributed by atoms with Gasteiger partial charge in [-0.1, -0.05) is 40.7 Å². The van der Waals surface area contributed by atoms with Crippen LogP contribution < -0.4 is 10.1 Å². The van der Waals surface area contributed by atoms with Gasteiger partial charge in [-0.25, -0.2) is 0 Å². The topological polar surface area (TPSA) is 108 Å². The summed E-state index contributed by atoms with van der Waals surface area (Å²) in [5, 5.41) is 16.0. The van der Waals surface area contributed by atoms with Crippen LogP contribution in [0, 0.1) is 6.92 Å². The molecule has 2 aromatic heterocycles. The Morgan fingerprint density at radius 1 is 1.15 bits per heavy atom. The molecule has 4 rings (SSSR count). The van der Waals surface area contributed by atoms with Crippen molar-refractivity contribution in [2.24, 2.45) is 0 Å². The Balaban J connectivity index is 1.42. The molecular weight excluding hydrogens is 440 g/mol. The largest absolute Gasteiger partial charge is 0.494 e. The van der Waals surface area contributed by atoms with Gasteiger partial charge >= 0.3 is 0 Å². The van der Waals surface area contributed by atoms with Crippen molar-refractivity contribution in [2.75, 3.05) is 17.7 Å². The lowest BCUT2D eigenvalue weighted by Gasteiger charge is -2.07. The van der Waals surface area contributed by atoms with E-state index in [1.54, 1.807) is 0 Å². The predicted molar refractivity (Wildman–Crippen MR) is 126 cm³/mol. The van der Waals surface area contributed by atoms with Crippen molar-refractivity contribution in [3.05, 3.63) is 54.1 Å². The molecule has 33 heavy (non-hydrogen) atoms. The van der Waals surface area contributed by atoms with Crippen molar-refractivity contribution in [3.63, 3.8) is 0 Å². The Morgan fingerprint density at radius 3 is 2.70 bits per heavy atom. The number of nitrogens with one attached hydrogen (secondary N) is 1. The number of thioether (sulfide) groups is 1. The van der Waals surface area contributed by atoms with E-state index in [1.165, 1.54) is 11.8 Å². The second-order valence-corrected chi connectivity index (χ2v) is 8.08. The van der Waals surface area contributed by atoms with Gasteiger partial charge in [0.05, 0.1) is 12.4 Å². The normalized spacial score (nSPS) is 10.9. The molecule has 0 bridgehead atoms. The van der Waals surface area contributed by atoms with E-state index in [1.807, 2.05) is 73.9 Å². The molecular formula is C23H24N6O3S. The molecule has 0 aliphatic carbocycles. The standard InChI is InChI=1S/C23H24N6O3S/c1-4-29-21(22-25-20(28-32-22)16-8-6-7-15(3)13-16)26-27-23(29)33-14-19(30)24-17-9-11-18(12-10-17)31-5-2/h6-13H,4-5,14H2,1-3H3,(H,24,30). The zero-order chi connectivity index (χ0) is 23.2. The van der Waals surface area contributed by atoms with Crippen molar-refractivity contribution in [3.8, 4) is 28.9 Å². The zero-order valence-corrected chi connectivity index (χ0v) is 19.4. The Hall–Kier alpha value is -3.66. The van der Waals surface area contributed by atoms with Crippen LogP contribution in [0.3, 0.4) is 0 Å². The highest BCUT2D eigenvalue weighted by Crippen LogP contribution is 2.26. The summed E-state index contributed by atoms with van der Waals surface area (Å²) in [5.74, 6) is 2.05. The maximum atomic E-state index is 12.4. The average molecular weight is 465 g/mol. The number of carbonyl (C=O) groups excluding carboxylic acids is 1. The molecule has 0 saturated heterocycles. The van der Waals surface area contributed by atoms with E-state index in [0.717, 1.165) is 16.9 Å². The van der Waals surface area contributed by atoms with Crippen LogP contribution in [0.25, 0.3) is 23.1 Å². The number of ether oxygens (including phenoxy) is 1. The third kappa shape index (κ3) is 5.40. The zero-order valence-electron chi connectivity index (χ0n) is 18.6. The molecule has 0 aliphatic rings. The van der Waals surface area contributed by atoms with Gasteiger partial charge in [-0.2, -0.15) is 4.98 Å². The van der Waals surface area contributed by atoms with Gasteiger partial charge in [0, 0.05) is 17.8 Å². The van der Waals surface area contributed by atoms with Crippen molar-refractivity contribution in [2.45, 2.75) is 32.5 Å². The van der Waals surface area contributed by atoms with E-state index in [4.69, 9.17) is 9.26 Å². The number of hydrogen-bond donors (Lipinski definition) is 1. The number of carbonyl (C=O) groups is 1. The maximum absolute atomic E-state index is 12.4. The fraction of sp³-hybridized carbons (Fsp3) is 0.261. The number of nitrogens with zero attached hydrogens (tertiary/aromatic N) is 5. The third-order valence-electron chi connectivity index (χ3n) is 4.71. The van der Waals surface area contributed by atoms with E-state index in [0.29, 0.717) is 35.6 Å². The van der Waals surface area contributed by atoms with Gasteiger partial charge in [0.1, 0.15) is 5.75 Å². The van der Waals surface area contributed by atoms with Crippen LogP contribution in [0.2, 0.25) is 0 Å². The maximum Gasteiger partial charge on any atom is 0.296 e. The molecule has 10 heteroatoms. The minimum atomic E-state index is -0.143. The lowest BCUT2D eigenvalue weighted by atomic mass is 10.1. The summed E-state index contributed by atoms with van der Waals surface area (Å²) >= 11 is 1.29. The molecule has 2 aromatic carbocycles. The first-order valence-electron chi connectivity index (χ1n) is 10.6. The summed E-state index contributed by atoms with van der Waals surface area (Å²) in [5.41, 5.74) is 2.68. The van der Waals surface area contributed by atoms with Gasteiger partial charge < -0.3 is 14.6 Å². The van der Waals surface area contributed by atoms with Crippen molar-refractivity contribution < 1.29 is 14.1 Å². The molecule has 4 aromatic rings. The first-order valence-corrected chi connectivity index (χ1v) is 11.6. The van der Waals surface area contributed by atoms with E-state index in [2.05, 4.69) is 25.7 Å². The van der Waals surface area contributed by atoms with Crippen LogP contribution in [-0.4, -0.2) is 43.2 Å². The average Bonchev–Trinajstić information content (AvgIpc) is 3.46. The van der Waals surface area contributed by atoms with Crippen LogP contribution in [0.1, 0.15) is 19.4 Å². The smallest absolute Gasteiger partial charge is 0.296 e. The summed E-state index contributed by atoms with van der Waals surface area (Å²) in [7, 11) is 0. The van der Waals surface area contributed by atoms with Crippen molar-refractivity contribution >= 4 is 23.4 Å². The highest BCUT2D eigenvalue weighted by atomic mass is 32.2. The van der Waals surface area contributed by atoms with Gasteiger partial charge in [0.2, 0.25) is 17.6 Å². The molecule has 0 spiro atoms. The minimum absolute atomic E-state index is 0.143. The monoisotopic (exact) mass is 464 g/mol. The third-order valence-corrected chi connectivity index (χ3v) is 5.67. The van der Waals surface area contributed by atoms with Crippen LogP contribution in [0.15, 0.2) is 58.2 Å². The van der Waals surface area contributed by atoms with E-state index >= 15 is 0 Å². The summed E-state index contributed by atoms with van der Waals surface area (Å²) in [4.78, 5) is 16.9. The van der Waals surface area contributed by atoms with Crippen LogP contribution in [0.4, 0.5) is 5.69 Å². The highest BCUT2D eigenvalue weighted by molar-refractivity contribution is 7.99. The van der Waals surface area contributed by atoms with Gasteiger partial charge in [-0.05, 0) is 51.1 Å². The fourth-order valence-corrected chi connectivity index (χ4v) is 3.99.